The second-order valence-electron chi connectivity index (χ2n) is 8.87. The van der Waals surface area contributed by atoms with Crippen molar-refractivity contribution in [3.8, 4) is 11.5 Å². The maximum absolute atomic E-state index is 12.8. The summed E-state index contributed by atoms with van der Waals surface area (Å²) in [4.78, 5) is 27.1. The lowest BCUT2D eigenvalue weighted by atomic mass is 9.84. The first kappa shape index (κ1) is 17.8. The van der Waals surface area contributed by atoms with Gasteiger partial charge in [-0.2, -0.15) is 0 Å². The Balaban J connectivity index is 1.23. The van der Waals surface area contributed by atoms with E-state index in [1.807, 2.05) is 18.2 Å². The van der Waals surface area contributed by atoms with Gasteiger partial charge in [-0.15, -0.1) is 0 Å². The minimum absolute atomic E-state index is 0.00981. The third kappa shape index (κ3) is 3.12. The number of amides is 2. The number of nitrogens with one attached hydrogen (secondary N) is 1. The van der Waals surface area contributed by atoms with Crippen molar-refractivity contribution in [2.24, 2.45) is 23.7 Å². The fraction of sp³-hybridized carbons (Fsp3) is 0.636. The van der Waals surface area contributed by atoms with Gasteiger partial charge in [0.2, 0.25) is 11.8 Å². The second kappa shape index (κ2) is 6.98. The Morgan fingerprint density at radius 3 is 2.75 bits per heavy atom. The molecule has 1 aromatic carbocycles. The average molecular weight is 384 g/mol. The Kier molecular flexibility index (Phi) is 4.44. The SMILES string of the molecule is CC(NC(=O)C1CC(=O)N(c2ccc3c(c2)OCCO3)C1)C1CC2CCC1C2. The highest BCUT2D eigenvalue weighted by Gasteiger charge is 2.43. The van der Waals surface area contributed by atoms with Crippen LogP contribution >= 0.6 is 0 Å². The van der Waals surface area contributed by atoms with E-state index in [1.165, 1.54) is 25.7 Å². The van der Waals surface area contributed by atoms with E-state index in [-0.39, 0.29) is 30.2 Å². The van der Waals surface area contributed by atoms with E-state index in [4.69, 9.17) is 9.47 Å². The molecule has 5 unspecified atom stereocenters. The van der Waals surface area contributed by atoms with Crippen molar-refractivity contribution in [1.29, 1.82) is 0 Å². The molecule has 1 N–H and O–H groups in total. The van der Waals surface area contributed by atoms with E-state index in [2.05, 4.69) is 12.2 Å². The van der Waals surface area contributed by atoms with Gasteiger partial charge in [0.25, 0.3) is 0 Å². The molecular formula is C22H28N2O4. The zero-order chi connectivity index (χ0) is 19.3. The second-order valence-corrected chi connectivity index (χ2v) is 8.87. The lowest BCUT2D eigenvalue weighted by molar-refractivity contribution is -0.127. The molecule has 2 heterocycles. The quantitative estimate of drug-likeness (QED) is 0.867. The van der Waals surface area contributed by atoms with Crippen LogP contribution < -0.4 is 19.7 Å². The maximum Gasteiger partial charge on any atom is 0.227 e. The number of carbonyl (C=O) groups is 2. The zero-order valence-corrected chi connectivity index (χ0v) is 16.4. The van der Waals surface area contributed by atoms with Gasteiger partial charge in [0, 0.05) is 30.8 Å². The van der Waals surface area contributed by atoms with E-state index in [0.29, 0.717) is 37.2 Å². The summed E-state index contributed by atoms with van der Waals surface area (Å²) in [7, 11) is 0. The van der Waals surface area contributed by atoms with Gasteiger partial charge in [-0.1, -0.05) is 6.42 Å². The van der Waals surface area contributed by atoms with Crippen LogP contribution in [0.2, 0.25) is 0 Å². The summed E-state index contributed by atoms with van der Waals surface area (Å²) in [6.45, 7) is 3.61. The zero-order valence-electron chi connectivity index (χ0n) is 16.4. The van der Waals surface area contributed by atoms with Crippen molar-refractivity contribution in [2.75, 3.05) is 24.7 Å². The van der Waals surface area contributed by atoms with Crippen molar-refractivity contribution in [3.63, 3.8) is 0 Å². The summed E-state index contributed by atoms with van der Waals surface area (Å²) >= 11 is 0. The van der Waals surface area contributed by atoms with Gasteiger partial charge in [0.15, 0.2) is 11.5 Å². The summed E-state index contributed by atoms with van der Waals surface area (Å²) in [5, 5.41) is 3.23. The molecule has 2 aliphatic carbocycles. The lowest BCUT2D eigenvalue weighted by Gasteiger charge is -2.29. The van der Waals surface area contributed by atoms with Gasteiger partial charge in [0.1, 0.15) is 13.2 Å². The van der Waals surface area contributed by atoms with Gasteiger partial charge in [-0.05, 0) is 56.1 Å². The average Bonchev–Trinajstić information content (AvgIpc) is 3.43. The Bertz CT molecular complexity index is 795. The van der Waals surface area contributed by atoms with Crippen molar-refractivity contribution in [2.45, 2.75) is 45.1 Å². The fourth-order valence-electron chi connectivity index (χ4n) is 5.69. The topological polar surface area (TPSA) is 67.9 Å². The smallest absolute Gasteiger partial charge is 0.227 e. The van der Waals surface area contributed by atoms with Crippen LogP contribution in [0.1, 0.15) is 39.0 Å². The normalized spacial score (nSPS) is 31.9. The van der Waals surface area contributed by atoms with Crippen LogP contribution in [0.15, 0.2) is 18.2 Å². The summed E-state index contributed by atoms with van der Waals surface area (Å²) in [6.07, 6.45) is 5.53. The van der Waals surface area contributed by atoms with Crippen molar-refractivity contribution in [1.82, 2.24) is 5.32 Å². The number of hydrogen-bond acceptors (Lipinski definition) is 4. The minimum Gasteiger partial charge on any atom is -0.486 e. The van der Waals surface area contributed by atoms with E-state index in [1.54, 1.807) is 4.90 Å². The first-order valence-corrected chi connectivity index (χ1v) is 10.6. The van der Waals surface area contributed by atoms with Gasteiger partial charge >= 0.3 is 0 Å². The highest BCUT2D eigenvalue weighted by molar-refractivity contribution is 6.00. The molecule has 1 saturated heterocycles. The minimum atomic E-state index is -0.290. The summed E-state index contributed by atoms with van der Waals surface area (Å²) in [6, 6.07) is 5.73. The number of hydrogen-bond donors (Lipinski definition) is 1. The predicted octanol–water partition coefficient (Wildman–Crippen LogP) is 2.75. The predicted molar refractivity (Wildman–Crippen MR) is 104 cm³/mol. The van der Waals surface area contributed by atoms with E-state index >= 15 is 0 Å². The standard InChI is InChI=1S/C22H28N2O4/c1-13(18-9-14-2-3-15(18)8-14)23-22(26)16-10-21(25)24(12-16)17-4-5-19-20(11-17)28-7-6-27-19/h4-5,11,13-16,18H,2-3,6-10,12H2,1H3,(H,23,26). The number of ether oxygens (including phenoxy) is 2. The number of fused-ring (bicyclic) bond motifs is 3. The molecule has 0 spiro atoms. The summed E-state index contributed by atoms with van der Waals surface area (Å²) < 4.78 is 11.2. The third-order valence-electron chi connectivity index (χ3n) is 7.14. The highest BCUT2D eigenvalue weighted by atomic mass is 16.6. The first-order valence-electron chi connectivity index (χ1n) is 10.6. The fourth-order valence-corrected chi connectivity index (χ4v) is 5.69. The van der Waals surface area contributed by atoms with Crippen LogP contribution in [0.25, 0.3) is 0 Å². The monoisotopic (exact) mass is 384 g/mol. The summed E-state index contributed by atoms with van der Waals surface area (Å²) in [5.74, 6) is 3.33. The van der Waals surface area contributed by atoms with Crippen LogP contribution in [0.3, 0.4) is 0 Å². The van der Waals surface area contributed by atoms with Gasteiger partial charge in [-0.25, -0.2) is 0 Å². The number of nitrogens with zero attached hydrogens (tertiary/aromatic N) is 1. The lowest BCUT2D eigenvalue weighted by Crippen LogP contribution is -2.43. The number of benzene rings is 1. The molecule has 6 nitrogen and oxygen atoms in total. The van der Waals surface area contributed by atoms with Crippen molar-refractivity contribution in [3.05, 3.63) is 18.2 Å². The largest absolute Gasteiger partial charge is 0.486 e. The number of anilines is 1. The molecule has 5 rings (SSSR count). The number of carbonyl (C=O) groups excluding carboxylic acids is 2. The van der Waals surface area contributed by atoms with Crippen molar-refractivity contribution >= 4 is 17.5 Å². The molecule has 3 fully saturated rings. The number of rotatable bonds is 4. The van der Waals surface area contributed by atoms with E-state index in [0.717, 1.165) is 17.5 Å². The van der Waals surface area contributed by atoms with E-state index < -0.39 is 0 Å². The Morgan fingerprint density at radius 1 is 1.18 bits per heavy atom. The Labute approximate surface area is 165 Å². The molecule has 150 valence electrons. The first-order chi connectivity index (χ1) is 13.6. The maximum atomic E-state index is 12.8. The molecule has 2 bridgehead atoms. The molecule has 5 atom stereocenters. The van der Waals surface area contributed by atoms with Crippen LogP contribution in [-0.4, -0.2) is 37.6 Å². The molecule has 2 amide bonds. The molecule has 6 heteroatoms. The molecule has 28 heavy (non-hydrogen) atoms. The molecule has 0 radical (unpaired) electrons. The Morgan fingerprint density at radius 2 is 2.00 bits per heavy atom. The molecule has 0 aromatic heterocycles. The molecule has 4 aliphatic rings. The molecule has 2 saturated carbocycles. The molecular weight excluding hydrogens is 356 g/mol. The van der Waals surface area contributed by atoms with E-state index in [9.17, 15) is 9.59 Å². The molecule has 1 aromatic rings. The third-order valence-corrected chi connectivity index (χ3v) is 7.14. The molecule has 2 aliphatic heterocycles. The van der Waals surface area contributed by atoms with Crippen LogP contribution in [0.4, 0.5) is 5.69 Å². The van der Waals surface area contributed by atoms with Crippen LogP contribution in [-0.2, 0) is 9.59 Å². The Hall–Kier alpha value is -2.24. The van der Waals surface area contributed by atoms with Crippen LogP contribution in [0, 0.1) is 23.7 Å². The van der Waals surface area contributed by atoms with Gasteiger partial charge < -0.3 is 19.7 Å². The highest BCUT2D eigenvalue weighted by Crippen LogP contribution is 2.49. The van der Waals surface area contributed by atoms with Crippen molar-refractivity contribution < 1.29 is 19.1 Å². The van der Waals surface area contributed by atoms with Crippen LogP contribution in [0.5, 0.6) is 11.5 Å². The summed E-state index contributed by atoms with van der Waals surface area (Å²) in [5.41, 5.74) is 0.769. The van der Waals surface area contributed by atoms with Gasteiger partial charge in [0.05, 0.1) is 5.92 Å². The van der Waals surface area contributed by atoms with Gasteiger partial charge in [-0.3, -0.25) is 9.59 Å².